The van der Waals surface area contributed by atoms with Crippen molar-refractivity contribution in [2.45, 2.75) is 25.2 Å². The van der Waals surface area contributed by atoms with Crippen LogP contribution in [0.25, 0.3) is 5.69 Å². The van der Waals surface area contributed by atoms with E-state index in [0.29, 0.717) is 28.5 Å². The molecule has 0 spiro atoms. The summed E-state index contributed by atoms with van der Waals surface area (Å²) >= 11 is 1.56. The normalized spacial score (nSPS) is 13.0. The van der Waals surface area contributed by atoms with Gasteiger partial charge in [0, 0.05) is 16.9 Å². The number of rotatable bonds is 5. The monoisotopic (exact) mass is 456 g/mol. The Labute approximate surface area is 194 Å². The second kappa shape index (κ2) is 9.22. The lowest BCUT2D eigenvalue weighted by Crippen LogP contribution is -2.13. The number of anilines is 1. The topological polar surface area (TPSA) is 94.8 Å². The third-order valence-electron chi connectivity index (χ3n) is 5.56. The quantitative estimate of drug-likeness (QED) is 0.456. The van der Waals surface area contributed by atoms with E-state index in [-0.39, 0.29) is 5.91 Å². The maximum absolute atomic E-state index is 12.8. The van der Waals surface area contributed by atoms with Gasteiger partial charge in [-0.1, -0.05) is 18.4 Å². The van der Waals surface area contributed by atoms with Gasteiger partial charge < -0.3 is 10.1 Å². The lowest BCUT2D eigenvalue weighted by Gasteiger charge is -2.22. The number of nitrogens with zero attached hydrogens (tertiary/aromatic N) is 5. The molecule has 0 saturated heterocycles. The fourth-order valence-electron chi connectivity index (χ4n) is 3.55. The van der Waals surface area contributed by atoms with Crippen molar-refractivity contribution in [3.63, 3.8) is 0 Å². The second-order valence-electron chi connectivity index (χ2n) is 7.60. The molecule has 9 heteroatoms. The van der Waals surface area contributed by atoms with E-state index in [0.717, 1.165) is 16.4 Å². The highest BCUT2D eigenvalue weighted by molar-refractivity contribution is 7.10. The molecule has 1 saturated carbocycles. The SMILES string of the molecule is COc1c(C#Cc2nc(C3CCC3)cs2)cccc1NC(=O)c1ccc(-n2cnnn2)cc1. The summed E-state index contributed by atoms with van der Waals surface area (Å²) in [5, 5.41) is 16.9. The number of methoxy groups -OCH3 is 1. The number of nitrogens with one attached hydrogen (secondary N) is 1. The van der Waals surface area contributed by atoms with Crippen molar-refractivity contribution in [1.29, 1.82) is 0 Å². The number of hydrogen-bond acceptors (Lipinski definition) is 7. The van der Waals surface area contributed by atoms with Crippen molar-refractivity contribution in [2.24, 2.45) is 0 Å². The minimum atomic E-state index is -0.258. The van der Waals surface area contributed by atoms with Crippen LogP contribution in [-0.2, 0) is 0 Å². The standard InChI is InChI=1S/C24H20N6O2S/c1-32-23-17(10-13-22-26-21(14-33-22)16-4-2-5-16)6-3-7-20(23)27-24(31)18-8-11-19(12-9-18)30-15-25-28-29-30/h3,6-9,11-12,14-16H,2,4-5H2,1H3,(H,27,31). The summed E-state index contributed by atoms with van der Waals surface area (Å²) < 4.78 is 7.10. The molecule has 2 aromatic carbocycles. The zero-order valence-electron chi connectivity index (χ0n) is 17.9. The van der Waals surface area contributed by atoms with Crippen LogP contribution < -0.4 is 10.1 Å². The lowest BCUT2D eigenvalue weighted by atomic mass is 9.83. The summed E-state index contributed by atoms with van der Waals surface area (Å²) in [6.45, 7) is 0. The molecule has 1 aliphatic carbocycles. The van der Waals surface area contributed by atoms with Gasteiger partial charge in [-0.15, -0.1) is 16.4 Å². The highest BCUT2D eigenvalue weighted by atomic mass is 32.1. The molecule has 2 heterocycles. The molecule has 8 nitrogen and oxygen atoms in total. The van der Waals surface area contributed by atoms with Gasteiger partial charge >= 0.3 is 0 Å². The molecule has 4 aromatic rings. The van der Waals surface area contributed by atoms with Crippen LogP contribution in [0.3, 0.4) is 0 Å². The molecule has 1 N–H and O–H groups in total. The lowest BCUT2D eigenvalue weighted by molar-refractivity contribution is 0.102. The van der Waals surface area contributed by atoms with Crippen LogP contribution in [0.2, 0.25) is 0 Å². The Kier molecular flexibility index (Phi) is 5.83. The number of thiazole rings is 1. The molecule has 164 valence electrons. The second-order valence-corrected chi connectivity index (χ2v) is 8.46. The predicted molar refractivity (Wildman–Crippen MR) is 125 cm³/mol. The predicted octanol–water partition coefficient (Wildman–Crippen LogP) is 4.05. The molecule has 0 bridgehead atoms. The van der Waals surface area contributed by atoms with Crippen molar-refractivity contribution < 1.29 is 9.53 Å². The maximum Gasteiger partial charge on any atom is 0.255 e. The third-order valence-corrected chi connectivity index (χ3v) is 6.34. The molecule has 0 unspecified atom stereocenters. The van der Waals surface area contributed by atoms with Gasteiger partial charge in [0.1, 0.15) is 6.33 Å². The molecule has 0 radical (unpaired) electrons. The minimum absolute atomic E-state index is 0.258. The average Bonchev–Trinajstić information content (AvgIpc) is 3.49. The van der Waals surface area contributed by atoms with Gasteiger partial charge in [0.05, 0.1) is 29.7 Å². The van der Waals surface area contributed by atoms with E-state index in [1.165, 1.54) is 30.3 Å². The first-order valence-corrected chi connectivity index (χ1v) is 11.4. The Morgan fingerprint density at radius 3 is 2.73 bits per heavy atom. The van der Waals surface area contributed by atoms with E-state index in [2.05, 4.69) is 43.0 Å². The highest BCUT2D eigenvalue weighted by Crippen LogP contribution is 2.36. The number of para-hydroxylation sites is 1. The Balaban J connectivity index is 1.33. The zero-order chi connectivity index (χ0) is 22.6. The zero-order valence-corrected chi connectivity index (χ0v) is 18.7. The molecule has 1 fully saturated rings. The number of carbonyl (C=O) groups excluding carboxylic acids is 1. The van der Waals surface area contributed by atoms with Crippen LogP contribution in [-0.4, -0.2) is 38.2 Å². The summed E-state index contributed by atoms with van der Waals surface area (Å²) in [7, 11) is 1.56. The van der Waals surface area contributed by atoms with Crippen LogP contribution >= 0.6 is 11.3 Å². The number of amides is 1. The Morgan fingerprint density at radius 1 is 1.18 bits per heavy atom. The van der Waals surface area contributed by atoms with Crippen LogP contribution in [0.4, 0.5) is 5.69 Å². The first-order chi connectivity index (χ1) is 16.2. The molecule has 2 aromatic heterocycles. The number of carbonyl (C=O) groups is 1. The Morgan fingerprint density at radius 2 is 2.03 bits per heavy atom. The number of tetrazole rings is 1. The van der Waals surface area contributed by atoms with Crippen molar-refractivity contribution in [3.05, 3.63) is 76.0 Å². The van der Waals surface area contributed by atoms with E-state index in [1.807, 2.05) is 12.1 Å². The van der Waals surface area contributed by atoms with Crippen molar-refractivity contribution >= 4 is 22.9 Å². The maximum atomic E-state index is 12.8. The van der Waals surface area contributed by atoms with Crippen LogP contribution in [0.1, 0.15) is 51.8 Å². The largest absolute Gasteiger partial charge is 0.493 e. The molecule has 1 aliphatic rings. The van der Waals surface area contributed by atoms with Crippen molar-refractivity contribution in [3.8, 4) is 23.3 Å². The molecule has 5 rings (SSSR count). The highest BCUT2D eigenvalue weighted by Gasteiger charge is 2.21. The van der Waals surface area contributed by atoms with Crippen LogP contribution in [0.5, 0.6) is 5.75 Å². The number of hydrogen-bond donors (Lipinski definition) is 1. The number of ether oxygens (including phenoxy) is 1. The Hall–Kier alpha value is -4.03. The smallest absolute Gasteiger partial charge is 0.255 e. The van der Waals surface area contributed by atoms with Crippen LogP contribution in [0, 0.1) is 11.8 Å². The van der Waals surface area contributed by atoms with Gasteiger partial charge in [0.2, 0.25) is 0 Å². The molecule has 33 heavy (non-hydrogen) atoms. The summed E-state index contributed by atoms with van der Waals surface area (Å²) in [6, 6.07) is 12.5. The van der Waals surface area contributed by atoms with Gasteiger partial charge in [-0.25, -0.2) is 9.67 Å². The number of benzene rings is 2. The van der Waals surface area contributed by atoms with Gasteiger partial charge in [0.25, 0.3) is 5.91 Å². The van der Waals surface area contributed by atoms with E-state index in [1.54, 1.807) is 48.8 Å². The van der Waals surface area contributed by atoms with Crippen molar-refractivity contribution in [2.75, 3.05) is 12.4 Å². The van der Waals surface area contributed by atoms with Crippen LogP contribution in [0.15, 0.2) is 54.2 Å². The molecular weight excluding hydrogens is 436 g/mol. The fraction of sp³-hybridized carbons (Fsp3) is 0.208. The summed E-state index contributed by atoms with van der Waals surface area (Å²) in [6.07, 6.45) is 5.20. The van der Waals surface area contributed by atoms with Gasteiger partial charge in [-0.2, -0.15) is 0 Å². The van der Waals surface area contributed by atoms with E-state index in [4.69, 9.17) is 4.74 Å². The minimum Gasteiger partial charge on any atom is -0.493 e. The summed E-state index contributed by atoms with van der Waals surface area (Å²) in [4.78, 5) is 17.5. The van der Waals surface area contributed by atoms with Gasteiger partial charge in [-0.3, -0.25) is 4.79 Å². The van der Waals surface area contributed by atoms with Crippen molar-refractivity contribution in [1.82, 2.24) is 25.2 Å². The third kappa shape index (κ3) is 4.47. The number of aromatic nitrogens is 5. The summed E-state index contributed by atoms with van der Waals surface area (Å²) in [5.74, 6) is 7.13. The molecule has 0 atom stereocenters. The Bertz CT molecular complexity index is 1330. The summed E-state index contributed by atoms with van der Waals surface area (Å²) in [5.41, 5.74) is 3.64. The van der Waals surface area contributed by atoms with E-state index in [9.17, 15) is 4.79 Å². The first-order valence-electron chi connectivity index (χ1n) is 10.5. The van der Waals surface area contributed by atoms with Gasteiger partial charge in [-0.05, 0) is 65.6 Å². The fourth-order valence-corrected chi connectivity index (χ4v) is 4.29. The molecule has 1 amide bonds. The van der Waals surface area contributed by atoms with E-state index >= 15 is 0 Å². The molecule has 0 aliphatic heterocycles. The first kappa shape index (κ1) is 20.8. The van der Waals surface area contributed by atoms with E-state index < -0.39 is 0 Å². The molecular formula is C24H20N6O2S. The average molecular weight is 457 g/mol. The van der Waals surface area contributed by atoms with Gasteiger partial charge in [0.15, 0.2) is 10.8 Å².